The highest BCUT2D eigenvalue weighted by atomic mass is 16.5. The molecule has 0 aromatic rings. The van der Waals surface area contributed by atoms with Gasteiger partial charge in [0.2, 0.25) is 0 Å². The summed E-state index contributed by atoms with van der Waals surface area (Å²) in [4.78, 5) is 10.9. The third kappa shape index (κ3) is 3.50. The van der Waals surface area contributed by atoms with Crippen LogP contribution >= 0.6 is 0 Å². The van der Waals surface area contributed by atoms with Crippen LogP contribution in [0.5, 0.6) is 0 Å². The molecule has 0 bridgehead atoms. The lowest BCUT2D eigenvalue weighted by Crippen LogP contribution is -2.41. The number of carbonyl (C=O) groups is 1. The fourth-order valence-electron chi connectivity index (χ4n) is 0.724. The van der Waals surface area contributed by atoms with E-state index in [9.17, 15) is 9.90 Å². The molecule has 3 N–H and O–H groups in total. The fraction of sp³-hybridized carbons (Fsp3) is 0.625. The Morgan fingerprint density at radius 3 is 2.83 bits per heavy atom. The Morgan fingerprint density at radius 1 is 1.83 bits per heavy atom. The first-order chi connectivity index (χ1) is 5.63. The average molecular weight is 173 g/mol. The molecule has 0 heterocycles. The number of ether oxygens (including phenoxy) is 1. The summed E-state index contributed by atoms with van der Waals surface area (Å²) in [5.74, 6) is -0.674. The van der Waals surface area contributed by atoms with Crippen LogP contribution in [0.15, 0.2) is 12.7 Å². The number of nitrogens with two attached hydrogens (primary N) is 1. The molecule has 0 saturated heterocycles. The van der Waals surface area contributed by atoms with E-state index in [1.807, 2.05) is 0 Å². The maximum atomic E-state index is 10.9. The Hall–Kier alpha value is -0.870. The van der Waals surface area contributed by atoms with Crippen LogP contribution in [0, 0.1) is 0 Å². The summed E-state index contributed by atoms with van der Waals surface area (Å²) in [6, 6.07) is -0.624. The van der Waals surface area contributed by atoms with Gasteiger partial charge in [0.15, 0.2) is 6.10 Å². The zero-order valence-corrected chi connectivity index (χ0v) is 7.19. The van der Waals surface area contributed by atoms with Crippen LogP contribution < -0.4 is 5.73 Å². The maximum Gasteiger partial charge on any atom is 0.336 e. The highest BCUT2D eigenvalue weighted by molar-refractivity contribution is 5.75. The monoisotopic (exact) mass is 173 g/mol. The predicted molar refractivity (Wildman–Crippen MR) is 45.4 cm³/mol. The van der Waals surface area contributed by atoms with Crippen molar-refractivity contribution in [2.45, 2.75) is 25.5 Å². The molecule has 2 atom stereocenters. The van der Waals surface area contributed by atoms with Crippen molar-refractivity contribution in [3.8, 4) is 0 Å². The van der Waals surface area contributed by atoms with Gasteiger partial charge in [-0.25, -0.2) is 4.79 Å². The molecule has 0 saturated carbocycles. The van der Waals surface area contributed by atoms with Gasteiger partial charge in [0, 0.05) is 6.04 Å². The maximum absolute atomic E-state index is 10.9. The molecule has 0 aliphatic rings. The molecular weight excluding hydrogens is 158 g/mol. The van der Waals surface area contributed by atoms with Gasteiger partial charge in [0.1, 0.15) is 0 Å². The molecule has 0 aromatic heterocycles. The molecule has 0 spiro atoms. The molecule has 0 rings (SSSR count). The summed E-state index contributed by atoms with van der Waals surface area (Å²) < 4.78 is 4.57. The Bertz CT molecular complexity index is 158. The summed E-state index contributed by atoms with van der Waals surface area (Å²) in [5, 5.41) is 9.20. The van der Waals surface area contributed by atoms with Crippen LogP contribution in [-0.4, -0.2) is 29.8 Å². The van der Waals surface area contributed by atoms with Crippen LogP contribution in [0.1, 0.15) is 13.3 Å². The first-order valence-corrected chi connectivity index (χ1v) is 3.84. The summed E-state index contributed by atoms with van der Waals surface area (Å²) in [6.45, 7) is 5.36. The zero-order chi connectivity index (χ0) is 9.56. The lowest BCUT2D eigenvalue weighted by Gasteiger charge is -2.15. The number of hydrogen-bond acceptors (Lipinski definition) is 4. The highest BCUT2D eigenvalue weighted by Gasteiger charge is 2.22. The van der Waals surface area contributed by atoms with Crippen molar-refractivity contribution in [3.05, 3.63) is 12.7 Å². The summed E-state index contributed by atoms with van der Waals surface area (Å²) >= 11 is 0. The van der Waals surface area contributed by atoms with Crippen molar-refractivity contribution in [2.24, 2.45) is 5.73 Å². The van der Waals surface area contributed by atoms with Crippen LogP contribution in [-0.2, 0) is 9.53 Å². The lowest BCUT2D eigenvalue weighted by molar-refractivity contribution is -0.154. The number of rotatable bonds is 5. The second-order valence-electron chi connectivity index (χ2n) is 2.39. The van der Waals surface area contributed by atoms with Crippen molar-refractivity contribution in [3.63, 3.8) is 0 Å². The Balaban J connectivity index is 3.90. The number of aliphatic hydroxyl groups excluding tert-OH is 1. The van der Waals surface area contributed by atoms with Gasteiger partial charge < -0.3 is 15.6 Å². The second kappa shape index (κ2) is 5.74. The van der Waals surface area contributed by atoms with Gasteiger partial charge in [0.25, 0.3) is 0 Å². The van der Waals surface area contributed by atoms with Gasteiger partial charge in [-0.1, -0.05) is 6.08 Å². The number of hydrogen-bond donors (Lipinski definition) is 2. The summed E-state index contributed by atoms with van der Waals surface area (Å²) in [5.41, 5.74) is 5.44. The molecule has 4 heteroatoms. The van der Waals surface area contributed by atoms with Crippen molar-refractivity contribution in [1.82, 2.24) is 0 Å². The van der Waals surface area contributed by atoms with E-state index in [4.69, 9.17) is 5.73 Å². The van der Waals surface area contributed by atoms with Gasteiger partial charge in [-0.3, -0.25) is 0 Å². The minimum absolute atomic E-state index is 0.247. The normalized spacial score (nSPS) is 14.9. The van der Waals surface area contributed by atoms with Crippen molar-refractivity contribution < 1.29 is 14.6 Å². The molecule has 0 aliphatic heterocycles. The van der Waals surface area contributed by atoms with E-state index in [1.54, 1.807) is 13.0 Å². The van der Waals surface area contributed by atoms with E-state index in [-0.39, 0.29) is 6.61 Å². The summed E-state index contributed by atoms with van der Waals surface area (Å²) in [7, 11) is 0. The smallest absolute Gasteiger partial charge is 0.336 e. The van der Waals surface area contributed by atoms with Crippen LogP contribution in [0.2, 0.25) is 0 Å². The Morgan fingerprint density at radius 2 is 2.42 bits per heavy atom. The Kier molecular flexibility index (Phi) is 5.32. The number of carbonyl (C=O) groups excluding carboxylic acids is 1. The topological polar surface area (TPSA) is 72.5 Å². The first kappa shape index (κ1) is 11.1. The molecular formula is C8H15NO3. The van der Waals surface area contributed by atoms with Gasteiger partial charge in [-0.05, 0) is 13.3 Å². The van der Waals surface area contributed by atoms with Crippen molar-refractivity contribution in [2.75, 3.05) is 6.61 Å². The van der Waals surface area contributed by atoms with Crippen molar-refractivity contribution >= 4 is 5.97 Å². The molecule has 0 radical (unpaired) electrons. The standard InChI is InChI=1S/C8H15NO3/c1-3-5-6(9)7(10)8(11)12-4-2/h3,6-7,10H,1,4-5,9H2,2H3. The fourth-order valence-corrected chi connectivity index (χ4v) is 0.724. The second-order valence-corrected chi connectivity index (χ2v) is 2.39. The van der Waals surface area contributed by atoms with E-state index in [0.29, 0.717) is 6.42 Å². The van der Waals surface area contributed by atoms with Gasteiger partial charge in [0.05, 0.1) is 6.61 Å². The molecule has 0 aliphatic carbocycles. The summed E-state index contributed by atoms with van der Waals surface area (Å²) in [6.07, 6.45) is 0.690. The third-order valence-corrected chi connectivity index (χ3v) is 1.37. The zero-order valence-electron chi connectivity index (χ0n) is 7.19. The predicted octanol–water partition coefficient (Wildman–Crippen LogP) is -0.186. The van der Waals surface area contributed by atoms with Crippen LogP contribution in [0.3, 0.4) is 0 Å². The molecule has 12 heavy (non-hydrogen) atoms. The van der Waals surface area contributed by atoms with E-state index in [0.717, 1.165) is 0 Å². The molecule has 0 amide bonds. The van der Waals surface area contributed by atoms with Crippen LogP contribution in [0.25, 0.3) is 0 Å². The van der Waals surface area contributed by atoms with Gasteiger partial charge in [-0.15, -0.1) is 6.58 Å². The number of aliphatic hydroxyl groups is 1. The van der Waals surface area contributed by atoms with Crippen LogP contribution in [0.4, 0.5) is 0 Å². The van der Waals surface area contributed by atoms with E-state index >= 15 is 0 Å². The molecule has 70 valence electrons. The first-order valence-electron chi connectivity index (χ1n) is 3.84. The number of esters is 1. The SMILES string of the molecule is C=CCC(N)C(O)C(=O)OCC. The molecule has 4 nitrogen and oxygen atoms in total. The highest BCUT2D eigenvalue weighted by Crippen LogP contribution is 1.99. The average Bonchev–Trinajstić information content (AvgIpc) is 2.04. The van der Waals surface area contributed by atoms with E-state index < -0.39 is 18.1 Å². The van der Waals surface area contributed by atoms with Gasteiger partial charge >= 0.3 is 5.97 Å². The minimum Gasteiger partial charge on any atom is -0.464 e. The van der Waals surface area contributed by atoms with Crippen molar-refractivity contribution in [1.29, 1.82) is 0 Å². The quantitative estimate of drug-likeness (QED) is 0.446. The Labute approximate surface area is 72.0 Å². The largest absolute Gasteiger partial charge is 0.464 e. The molecule has 0 fully saturated rings. The van der Waals surface area contributed by atoms with Gasteiger partial charge in [-0.2, -0.15) is 0 Å². The molecule has 0 aromatic carbocycles. The minimum atomic E-state index is -1.25. The lowest BCUT2D eigenvalue weighted by atomic mass is 10.1. The van der Waals surface area contributed by atoms with E-state index in [1.165, 1.54) is 0 Å². The molecule has 2 unspecified atom stereocenters. The van der Waals surface area contributed by atoms with E-state index in [2.05, 4.69) is 11.3 Å². The third-order valence-electron chi connectivity index (χ3n) is 1.37.